The van der Waals surface area contributed by atoms with Gasteiger partial charge in [0, 0.05) is 32.8 Å². The quantitative estimate of drug-likeness (QED) is 0.194. The van der Waals surface area contributed by atoms with E-state index < -0.39 is 23.4 Å². The third-order valence-corrected chi connectivity index (χ3v) is 9.04. The van der Waals surface area contributed by atoms with Crippen molar-refractivity contribution in [3.63, 3.8) is 0 Å². The van der Waals surface area contributed by atoms with E-state index in [2.05, 4.69) is 15.9 Å². The number of carbonyl (C=O) groups excluding carboxylic acids is 3. The number of Topliss-reactive ketones (excluding diaryl/α,β-unsaturated/α-hetero) is 3. The van der Waals surface area contributed by atoms with Crippen molar-refractivity contribution in [3.05, 3.63) is 135 Å². The Hall–Kier alpha value is -4.29. The van der Waals surface area contributed by atoms with Crippen LogP contribution in [0.15, 0.2) is 108 Å². The van der Waals surface area contributed by atoms with Crippen molar-refractivity contribution in [3.8, 4) is 5.75 Å². The molecule has 1 spiro atoms. The van der Waals surface area contributed by atoms with E-state index in [1.807, 2.05) is 77.7 Å². The summed E-state index contributed by atoms with van der Waals surface area (Å²) in [5, 5.41) is 0. The smallest absolute Gasteiger partial charge is 0.185 e. The summed E-state index contributed by atoms with van der Waals surface area (Å²) in [5.74, 6) is -0.810. The second kappa shape index (κ2) is 9.14. The van der Waals surface area contributed by atoms with Crippen LogP contribution in [0.5, 0.6) is 5.75 Å². The minimum absolute atomic E-state index is 0.143. The maximum absolute atomic E-state index is 14.7. The van der Waals surface area contributed by atoms with Gasteiger partial charge >= 0.3 is 0 Å². The molecule has 40 heavy (non-hydrogen) atoms. The predicted molar refractivity (Wildman–Crippen MR) is 157 cm³/mol. The number of rotatable bonds is 4. The van der Waals surface area contributed by atoms with Gasteiger partial charge in [0.1, 0.15) is 17.2 Å². The van der Waals surface area contributed by atoms with E-state index in [0.29, 0.717) is 28.0 Å². The van der Waals surface area contributed by atoms with Gasteiger partial charge in [0.05, 0.1) is 13.2 Å². The second-order valence-electron chi connectivity index (χ2n) is 10.4. The summed E-state index contributed by atoms with van der Waals surface area (Å²) in [4.78, 5) is 46.0. The summed E-state index contributed by atoms with van der Waals surface area (Å²) in [6.07, 6.45) is 3.90. The van der Waals surface area contributed by atoms with Gasteiger partial charge in [0.2, 0.25) is 0 Å². The fraction of sp³-hybridized carbons (Fsp3) is 0.147. The number of ether oxygens (including phenoxy) is 1. The maximum atomic E-state index is 14.7. The monoisotopic (exact) mass is 589 g/mol. The molecule has 7 rings (SSSR count). The zero-order valence-corrected chi connectivity index (χ0v) is 23.2. The first kappa shape index (κ1) is 24.7. The fourth-order valence-corrected chi connectivity index (χ4v) is 7.31. The summed E-state index contributed by atoms with van der Waals surface area (Å²) in [6, 6.07) is 27.9. The van der Waals surface area contributed by atoms with Gasteiger partial charge in [-0.05, 0) is 41.5 Å². The molecule has 3 atom stereocenters. The van der Waals surface area contributed by atoms with E-state index in [1.54, 1.807) is 43.5 Å². The van der Waals surface area contributed by atoms with Gasteiger partial charge in [-0.25, -0.2) is 0 Å². The molecule has 1 aliphatic carbocycles. The van der Waals surface area contributed by atoms with Gasteiger partial charge in [-0.1, -0.05) is 94.8 Å². The minimum Gasteiger partial charge on any atom is -0.497 e. The first-order valence-electron chi connectivity index (χ1n) is 13.1. The number of fused-ring (bicyclic) bond motifs is 5. The first-order valence-corrected chi connectivity index (χ1v) is 13.9. The molecule has 1 fully saturated rings. The molecule has 0 unspecified atom stereocenters. The number of halogens is 1. The number of nitrogens with zero attached hydrogens (tertiary/aromatic N) is 1. The third-order valence-electron chi connectivity index (χ3n) is 8.55. The number of benzene rings is 4. The molecule has 3 aliphatic rings. The average molecular weight is 590 g/mol. The summed E-state index contributed by atoms with van der Waals surface area (Å²) < 4.78 is 6.46. The molecule has 0 saturated carbocycles. The topological polar surface area (TPSA) is 63.7 Å². The van der Waals surface area contributed by atoms with Crippen LogP contribution in [-0.4, -0.2) is 36.5 Å². The van der Waals surface area contributed by atoms with Gasteiger partial charge in [-0.15, -0.1) is 0 Å². The Kier molecular flexibility index (Phi) is 5.65. The molecule has 2 aliphatic heterocycles. The Morgan fingerprint density at radius 1 is 0.850 bits per heavy atom. The lowest BCUT2D eigenvalue weighted by Gasteiger charge is -2.37. The lowest BCUT2D eigenvalue weighted by Crippen LogP contribution is -2.48. The number of hydrogen-bond donors (Lipinski definition) is 0. The molecule has 0 radical (unpaired) electrons. The van der Waals surface area contributed by atoms with Crippen LogP contribution in [0.2, 0.25) is 0 Å². The second-order valence-corrected chi connectivity index (χ2v) is 11.3. The lowest BCUT2D eigenvalue weighted by atomic mass is 9.64. The number of hydrogen-bond acceptors (Lipinski definition) is 5. The van der Waals surface area contributed by atoms with Crippen molar-refractivity contribution >= 4 is 45.0 Å². The number of anilines is 1. The van der Waals surface area contributed by atoms with Crippen LogP contribution >= 0.6 is 15.9 Å². The summed E-state index contributed by atoms with van der Waals surface area (Å²) in [5.41, 5.74) is 2.24. The molecule has 0 aromatic heterocycles. The highest BCUT2D eigenvalue weighted by Crippen LogP contribution is 2.61. The van der Waals surface area contributed by atoms with Crippen molar-refractivity contribution in [2.45, 2.75) is 18.0 Å². The molecule has 2 heterocycles. The molecule has 6 heteroatoms. The van der Waals surface area contributed by atoms with E-state index in [-0.39, 0.29) is 17.3 Å². The normalized spacial score (nSPS) is 21.8. The maximum Gasteiger partial charge on any atom is 0.185 e. The van der Waals surface area contributed by atoms with Crippen LogP contribution in [0, 0.1) is 5.41 Å². The van der Waals surface area contributed by atoms with Crippen LogP contribution < -0.4 is 9.64 Å². The number of ketones is 3. The van der Waals surface area contributed by atoms with Crippen LogP contribution in [0.4, 0.5) is 5.69 Å². The zero-order valence-electron chi connectivity index (χ0n) is 21.6. The van der Waals surface area contributed by atoms with Gasteiger partial charge in [0.15, 0.2) is 17.3 Å². The van der Waals surface area contributed by atoms with Crippen molar-refractivity contribution < 1.29 is 19.1 Å². The Morgan fingerprint density at radius 2 is 1.55 bits per heavy atom. The Bertz CT molecular complexity index is 1710. The van der Waals surface area contributed by atoms with Crippen LogP contribution in [0.3, 0.4) is 0 Å². The number of carbonyl (C=O) groups is 3. The Morgan fingerprint density at radius 3 is 2.25 bits per heavy atom. The van der Waals surface area contributed by atoms with E-state index in [0.717, 1.165) is 15.7 Å². The Labute approximate surface area is 240 Å². The fourth-order valence-electron chi connectivity index (χ4n) is 6.93. The van der Waals surface area contributed by atoms with Gasteiger partial charge in [-0.3, -0.25) is 14.4 Å². The molecule has 0 amide bonds. The van der Waals surface area contributed by atoms with E-state index in [1.165, 1.54) is 0 Å². The van der Waals surface area contributed by atoms with Crippen molar-refractivity contribution in [1.82, 2.24) is 0 Å². The van der Waals surface area contributed by atoms with Gasteiger partial charge in [0.25, 0.3) is 0 Å². The molecule has 4 aromatic rings. The van der Waals surface area contributed by atoms with Gasteiger partial charge < -0.3 is 9.64 Å². The molecule has 0 bridgehead atoms. The zero-order chi connectivity index (χ0) is 27.6. The molecule has 5 nitrogen and oxygen atoms in total. The molecule has 196 valence electrons. The van der Waals surface area contributed by atoms with E-state index in [4.69, 9.17) is 4.74 Å². The first-order chi connectivity index (χ1) is 19.5. The SMILES string of the molecule is COc1cccc([C@@H]2[C@@H](C(=O)c3ccccc3)N3c4ccc(Br)cc4C=C[C@@H]3C23C(=O)c2ccccc2C3=O)c1. The van der Waals surface area contributed by atoms with Crippen LogP contribution in [0.1, 0.15) is 48.1 Å². The molecule has 0 N–H and O–H groups in total. The highest BCUT2D eigenvalue weighted by atomic mass is 79.9. The minimum atomic E-state index is -1.54. The van der Waals surface area contributed by atoms with E-state index >= 15 is 0 Å². The third kappa shape index (κ3) is 3.29. The van der Waals surface area contributed by atoms with E-state index in [9.17, 15) is 14.4 Å². The summed E-state index contributed by atoms with van der Waals surface area (Å²) in [7, 11) is 1.58. The highest BCUT2D eigenvalue weighted by Gasteiger charge is 2.71. The van der Waals surface area contributed by atoms with Crippen molar-refractivity contribution in [2.24, 2.45) is 5.41 Å². The van der Waals surface area contributed by atoms with Crippen molar-refractivity contribution in [1.29, 1.82) is 0 Å². The van der Waals surface area contributed by atoms with Crippen molar-refractivity contribution in [2.75, 3.05) is 12.0 Å². The summed E-state index contributed by atoms with van der Waals surface area (Å²) >= 11 is 3.57. The van der Waals surface area contributed by atoms with Gasteiger partial charge in [-0.2, -0.15) is 0 Å². The lowest BCUT2D eigenvalue weighted by molar-refractivity contribution is 0.0665. The molecular formula is C34H24BrNO4. The molecule has 4 aromatic carbocycles. The summed E-state index contributed by atoms with van der Waals surface area (Å²) in [6.45, 7) is 0. The van der Waals surface area contributed by atoms with Crippen LogP contribution in [0.25, 0.3) is 6.08 Å². The standard InChI is InChI=1S/C34H24BrNO4/c1-40-24-11-7-10-22(19-24)29-30(31(37)20-8-3-2-4-9-20)36-27-16-15-23(35)18-21(27)14-17-28(36)34(29)32(38)25-12-5-6-13-26(25)33(34)39/h2-19,28-30H,1H3/t28-,29-,30+/m1/s1. The highest BCUT2D eigenvalue weighted by molar-refractivity contribution is 9.10. The molecular weight excluding hydrogens is 566 g/mol. The molecule has 1 saturated heterocycles. The number of methoxy groups -OCH3 is 1. The average Bonchev–Trinajstić information content (AvgIpc) is 3.43. The Balaban J connectivity index is 1.56. The largest absolute Gasteiger partial charge is 0.497 e. The predicted octanol–water partition coefficient (Wildman–Crippen LogP) is 6.77. The van der Waals surface area contributed by atoms with Crippen LogP contribution in [-0.2, 0) is 0 Å².